The molecule has 0 N–H and O–H groups in total. The van der Waals surface area contributed by atoms with Gasteiger partial charge in [0, 0.05) is 28.5 Å². The quantitative estimate of drug-likeness (QED) is 0.631. The monoisotopic (exact) mass is 369 g/mol. The molecule has 0 spiro atoms. The molecule has 104 valence electrons. The number of aromatic nitrogens is 3. The summed E-state index contributed by atoms with van der Waals surface area (Å²) in [5.74, 6) is 1.33. The van der Waals surface area contributed by atoms with E-state index in [1.807, 2.05) is 19.1 Å². The van der Waals surface area contributed by atoms with Crippen LogP contribution in [0.1, 0.15) is 16.5 Å². The van der Waals surface area contributed by atoms with Crippen LogP contribution < -0.4 is 0 Å². The van der Waals surface area contributed by atoms with Gasteiger partial charge in [-0.05, 0) is 25.1 Å². The molecule has 0 aliphatic rings. The van der Waals surface area contributed by atoms with Gasteiger partial charge in [-0.25, -0.2) is 9.97 Å². The number of benzene rings is 1. The Morgan fingerprint density at radius 3 is 2.90 bits per heavy atom. The SMILES string of the molecule is Cc1csc(CCn2c(CCl)nc3ccc(Br)cc32)n1. The van der Waals surface area contributed by atoms with Crippen molar-refractivity contribution in [2.45, 2.75) is 25.8 Å². The molecular formula is C14H13BrClN3S. The molecule has 0 amide bonds. The topological polar surface area (TPSA) is 30.7 Å². The van der Waals surface area contributed by atoms with Crippen molar-refractivity contribution >= 4 is 49.9 Å². The number of rotatable bonds is 4. The molecule has 0 saturated heterocycles. The summed E-state index contributed by atoms with van der Waals surface area (Å²) in [4.78, 5) is 9.09. The van der Waals surface area contributed by atoms with Crippen molar-refractivity contribution < 1.29 is 0 Å². The highest BCUT2D eigenvalue weighted by Crippen LogP contribution is 2.23. The van der Waals surface area contributed by atoms with Gasteiger partial charge in [0.1, 0.15) is 5.82 Å². The number of thiazole rings is 1. The molecule has 2 heterocycles. The van der Waals surface area contributed by atoms with E-state index in [1.165, 1.54) is 0 Å². The van der Waals surface area contributed by atoms with Gasteiger partial charge in [-0.2, -0.15) is 0 Å². The standard InChI is InChI=1S/C14H13BrClN3S/c1-9-8-20-14(17-9)4-5-19-12-6-10(15)2-3-11(12)18-13(19)7-16/h2-3,6,8H,4-5,7H2,1H3. The van der Waals surface area contributed by atoms with E-state index in [9.17, 15) is 0 Å². The molecule has 0 radical (unpaired) electrons. The fourth-order valence-corrected chi connectivity index (χ4v) is 3.54. The maximum Gasteiger partial charge on any atom is 0.124 e. The summed E-state index contributed by atoms with van der Waals surface area (Å²) in [5.41, 5.74) is 3.18. The van der Waals surface area contributed by atoms with Gasteiger partial charge < -0.3 is 4.57 Å². The van der Waals surface area contributed by atoms with Gasteiger partial charge in [0.05, 0.1) is 21.9 Å². The van der Waals surface area contributed by atoms with Gasteiger partial charge in [-0.15, -0.1) is 22.9 Å². The van der Waals surface area contributed by atoms with Crippen molar-refractivity contribution in [3.05, 3.63) is 44.6 Å². The Kier molecular flexibility index (Phi) is 4.10. The third kappa shape index (κ3) is 2.75. The Labute approximate surface area is 134 Å². The fourth-order valence-electron chi connectivity index (χ4n) is 2.22. The lowest BCUT2D eigenvalue weighted by Gasteiger charge is -2.06. The first-order valence-electron chi connectivity index (χ1n) is 6.29. The summed E-state index contributed by atoms with van der Waals surface area (Å²) in [6.07, 6.45) is 0.903. The summed E-state index contributed by atoms with van der Waals surface area (Å²) < 4.78 is 3.24. The lowest BCUT2D eigenvalue weighted by atomic mass is 10.3. The van der Waals surface area contributed by atoms with E-state index >= 15 is 0 Å². The molecule has 0 bridgehead atoms. The van der Waals surface area contributed by atoms with Crippen molar-refractivity contribution in [1.82, 2.24) is 14.5 Å². The van der Waals surface area contributed by atoms with E-state index in [0.29, 0.717) is 5.88 Å². The summed E-state index contributed by atoms with van der Waals surface area (Å²) in [7, 11) is 0. The predicted octanol–water partition coefficient (Wildman–Crippen LogP) is 4.55. The molecule has 0 aliphatic heterocycles. The van der Waals surface area contributed by atoms with Crippen molar-refractivity contribution in [1.29, 1.82) is 0 Å². The van der Waals surface area contributed by atoms with E-state index in [0.717, 1.165) is 45.0 Å². The second-order valence-corrected chi connectivity index (χ2v) is 6.70. The highest BCUT2D eigenvalue weighted by molar-refractivity contribution is 9.10. The van der Waals surface area contributed by atoms with Crippen LogP contribution in [0.3, 0.4) is 0 Å². The highest BCUT2D eigenvalue weighted by atomic mass is 79.9. The molecule has 0 aliphatic carbocycles. The van der Waals surface area contributed by atoms with Crippen LogP contribution in [0.5, 0.6) is 0 Å². The number of hydrogen-bond acceptors (Lipinski definition) is 3. The van der Waals surface area contributed by atoms with Gasteiger partial charge in [-0.1, -0.05) is 15.9 Å². The van der Waals surface area contributed by atoms with Crippen LogP contribution in [-0.2, 0) is 18.8 Å². The molecule has 1 aromatic carbocycles. The molecule has 6 heteroatoms. The van der Waals surface area contributed by atoms with Crippen molar-refractivity contribution in [3.8, 4) is 0 Å². The van der Waals surface area contributed by atoms with Gasteiger partial charge >= 0.3 is 0 Å². The maximum atomic E-state index is 6.02. The maximum absolute atomic E-state index is 6.02. The average molecular weight is 371 g/mol. The van der Waals surface area contributed by atoms with Gasteiger partial charge in [-0.3, -0.25) is 0 Å². The van der Waals surface area contributed by atoms with E-state index in [2.05, 4.69) is 41.9 Å². The van der Waals surface area contributed by atoms with Crippen LogP contribution in [0.2, 0.25) is 0 Å². The van der Waals surface area contributed by atoms with Crippen LogP contribution in [-0.4, -0.2) is 14.5 Å². The smallest absolute Gasteiger partial charge is 0.124 e. The summed E-state index contributed by atoms with van der Waals surface area (Å²) in [6, 6.07) is 6.10. The van der Waals surface area contributed by atoms with Gasteiger partial charge in [0.15, 0.2) is 0 Å². The van der Waals surface area contributed by atoms with Gasteiger partial charge in [0.2, 0.25) is 0 Å². The molecule has 20 heavy (non-hydrogen) atoms. The predicted molar refractivity (Wildman–Crippen MR) is 87.5 cm³/mol. The Balaban J connectivity index is 1.94. The lowest BCUT2D eigenvalue weighted by molar-refractivity contribution is 0.685. The fraction of sp³-hybridized carbons (Fsp3) is 0.286. The third-order valence-electron chi connectivity index (χ3n) is 3.12. The van der Waals surface area contributed by atoms with Crippen LogP contribution >= 0.6 is 38.9 Å². The number of hydrogen-bond donors (Lipinski definition) is 0. The van der Waals surface area contributed by atoms with Crippen molar-refractivity contribution in [2.75, 3.05) is 0 Å². The second kappa shape index (κ2) is 5.84. The molecular weight excluding hydrogens is 358 g/mol. The highest BCUT2D eigenvalue weighted by Gasteiger charge is 2.11. The van der Waals surface area contributed by atoms with Crippen LogP contribution in [0.4, 0.5) is 0 Å². The Bertz CT molecular complexity index is 750. The molecule has 0 saturated carbocycles. The zero-order valence-electron chi connectivity index (χ0n) is 10.9. The number of aryl methyl sites for hydroxylation is 3. The minimum absolute atomic E-state index is 0.420. The first-order chi connectivity index (χ1) is 9.67. The molecule has 2 aromatic heterocycles. The Hall–Kier alpha value is -0.910. The first-order valence-corrected chi connectivity index (χ1v) is 8.49. The largest absolute Gasteiger partial charge is 0.327 e. The number of halogens is 2. The number of fused-ring (bicyclic) bond motifs is 1. The molecule has 3 rings (SSSR count). The normalized spacial score (nSPS) is 11.3. The lowest BCUT2D eigenvalue weighted by Crippen LogP contribution is -2.05. The van der Waals surface area contributed by atoms with Crippen molar-refractivity contribution in [3.63, 3.8) is 0 Å². The summed E-state index contributed by atoms with van der Waals surface area (Å²) in [6.45, 7) is 2.87. The molecule has 3 nitrogen and oxygen atoms in total. The minimum Gasteiger partial charge on any atom is -0.327 e. The molecule has 0 fully saturated rings. The molecule has 3 aromatic rings. The average Bonchev–Trinajstić information content (AvgIpc) is 2.99. The van der Waals surface area contributed by atoms with E-state index < -0.39 is 0 Å². The molecule has 0 atom stereocenters. The number of imidazole rings is 1. The number of nitrogens with zero attached hydrogens (tertiary/aromatic N) is 3. The van der Waals surface area contributed by atoms with Crippen LogP contribution in [0.15, 0.2) is 28.1 Å². The number of alkyl halides is 1. The second-order valence-electron chi connectivity index (χ2n) is 4.58. The van der Waals surface area contributed by atoms with Crippen LogP contribution in [0, 0.1) is 6.92 Å². The van der Waals surface area contributed by atoms with Crippen LogP contribution in [0.25, 0.3) is 11.0 Å². The first kappa shape index (κ1) is 14.0. The van der Waals surface area contributed by atoms with E-state index in [1.54, 1.807) is 11.3 Å². The van der Waals surface area contributed by atoms with Gasteiger partial charge in [0.25, 0.3) is 0 Å². The Morgan fingerprint density at radius 2 is 2.20 bits per heavy atom. The zero-order valence-corrected chi connectivity index (χ0v) is 14.1. The zero-order chi connectivity index (χ0) is 14.1. The van der Waals surface area contributed by atoms with E-state index in [-0.39, 0.29) is 0 Å². The van der Waals surface area contributed by atoms with E-state index in [4.69, 9.17) is 11.6 Å². The summed E-state index contributed by atoms with van der Waals surface area (Å²) >= 11 is 11.2. The minimum atomic E-state index is 0.420. The third-order valence-corrected chi connectivity index (χ3v) is 4.88. The van der Waals surface area contributed by atoms with Crippen molar-refractivity contribution in [2.24, 2.45) is 0 Å². The summed E-state index contributed by atoms with van der Waals surface area (Å²) in [5, 5.41) is 3.24. The Morgan fingerprint density at radius 1 is 1.35 bits per heavy atom. The molecule has 0 unspecified atom stereocenters.